The van der Waals surface area contributed by atoms with E-state index in [1.807, 2.05) is 31.2 Å². The SMILES string of the molecule is Cc1ccc(-c2oc(C)nc2C(=O)N2CSC[C@H]2CN)cc1. The molecule has 1 saturated heterocycles. The molecule has 116 valence electrons. The van der Waals surface area contributed by atoms with E-state index < -0.39 is 0 Å². The summed E-state index contributed by atoms with van der Waals surface area (Å²) in [5, 5.41) is 0. The van der Waals surface area contributed by atoms with Crippen LogP contribution in [0.4, 0.5) is 0 Å². The van der Waals surface area contributed by atoms with Gasteiger partial charge in [0.15, 0.2) is 17.3 Å². The summed E-state index contributed by atoms with van der Waals surface area (Å²) in [7, 11) is 0. The molecule has 5 nitrogen and oxygen atoms in total. The van der Waals surface area contributed by atoms with E-state index in [-0.39, 0.29) is 11.9 Å². The second-order valence-corrected chi connectivity index (χ2v) is 6.44. The molecule has 0 saturated carbocycles. The van der Waals surface area contributed by atoms with E-state index in [1.54, 1.807) is 23.6 Å². The minimum absolute atomic E-state index is 0.0698. The first-order valence-electron chi connectivity index (χ1n) is 7.23. The third-order valence-electron chi connectivity index (χ3n) is 3.76. The zero-order valence-electron chi connectivity index (χ0n) is 12.7. The third kappa shape index (κ3) is 2.76. The molecule has 0 spiro atoms. The first kappa shape index (κ1) is 15.1. The molecule has 1 aromatic carbocycles. The Kier molecular flexibility index (Phi) is 4.22. The quantitative estimate of drug-likeness (QED) is 0.941. The third-order valence-corrected chi connectivity index (χ3v) is 4.85. The summed E-state index contributed by atoms with van der Waals surface area (Å²) < 4.78 is 5.69. The van der Waals surface area contributed by atoms with Crippen LogP contribution in [-0.4, -0.2) is 40.0 Å². The van der Waals surface area contributed by atoms with E-state index in [4.69, 9.17) is 10.2 Å². The number of nitrogens with zero attached hydrogens (tertiary/aromatic N) is 2. The van der Waals surface area contributed by atoms with Crippen LogP contribution in [-0.2, 0) is 0 Å². The average Bonchev–Trinajstić information content (AvgIpc) is 3.13. The van der Waals surface area contributed by atoms with E-state index in [0.717, 1.165) is 16.9 Å². The predicted molar refractivity (Wildman–Crippen MR) is 87.7 cm³/mol. The normalized spacial score (nSPS) is 18.0. The number of oxazole rings is 1. The van der Waals surface area contributed by atoms with Crippen molar-refractivity contribution in [2.24, 2.45) is 5.73 Å². The van der Waals surface area contributed by atoms with Crippen molar-refractivity contribution in [3.8, 4) is 11.3 Å². The van der Waals surface area contributed by atoms with Crippen molar-refractivity contribution >= 4 is 17.7 Å². The highest BCUT2D eigenvalue weighted by molar-refractivity contribution is 7.99. The monoisotopic (exact) mass is 317 g/mol. The molecule has 6 heteroatoms. The van der Waals surface area contributed by atoms with E-state index in [0.29, 0.717) is 29.8 Å². The Morgan fingerprint density at radius 2 is 2.14 bits per heavy atom. The van der Waals surface area contributed by atoms with Crippen LogP contribution >= 0.6 is 11.8 Å². The maximum atomic E-state index is 12.8. The number of aryl methyl sites for hydroxylation is 2. The number of thioether (sulfide) groups is 1. The Balaban J connectivity index is 1.97. The van der Waals surface area contributed by atoms with Gasteiger partial charge in [-0.2, -0.15) is 0 Å². The van der Waals surface area contributed by atoms with Gasteiger partial charge < -0.3 is 15.1 Å². The van der Waals surface area contributed by atoms with Crippen molar-refractivity contribution in [2.45, 2.75) is 19.9 Å². The number of hydrogen-bond acceptors (Lipinski definition) is 5. The maximum Gasteiger partial charge on any atom is 0.277 e. The summed E-state index contributed by atoms with van der Waals surface area (Å²) >= 11 is 1.71. The zero-order chi connectivity index (χ0) is 15.7. The van der Waals surface area contributed by atoms with Gasteiger partial charge in [0.2, 0.25) is 0 Å². The van der Waals surface area contributed by atoms with Gasteiger partial charge in [0.25, 0.3) is 5.91 Å². The lowest BCUT2D eigenvalue weighted by Crippen LogP contribution is -2.41. The Morgan fingerprint density at radius 1 is 1.41 bits per heavy atom. The van der Waals surface area contributed by atoms with Crippen molar-refractivity contribution in [2.75, 3.05) is 18.2 Å². The van der Waals surface area contributed by atoms with Crippen LogP contribution in [0.25, 0.3) is 11.3 Å². The Morgan fingerprint density at radius 3 is 2.82 bits per heavy atom. The topological polar surface area (TPSA) is 72.4 Å². The largest absolute Gasteiger partial charge is 0.440 e. The van der Waals surface area contributed by atoms with Gasteiger partial charge in [-0.15, -0.1) is 11.8 Å². The van der Waals surface area contributed by atoms with Crippen molar-refractivity contribution in [1.29, 1.82) is 0 Å². The summed E-state index contributed by atoms with van der Waals surface area (Å²) in [6.07, 6.45) is 0. The van der Waals surface area contributed by atoms with Crippen molar-refractivity contribution in [3.63, 3.8) is 0 Å². The van der Waals surface area contributed by atoms with Crippen LogP contribution in [0.2, 0.25) is 0 Å². The van der Waals surface area contributed by atoms with Crippen molar-refractivity contribution in [1.82, 2.24) is 9.88 Å². The molecule has 0 radical (unpaired) electrons. The highest BCUT2D eigenvalue weighted by atomic mass is 32.2. The molecule has 1 amide bonds. The Hall–Kier alpha value is -1.79. The lowest BCUT2D eigenvalue weighted by Gasteiger charge is -2.21. The number of carbonyl (C=O) groups excluding carboxylic acids is 1. The highest BCUT2D eigenvalue weighted by Crippen LogP contribution is 2.29. The molecule has 2 aromatic rings. The van der Waals surface area contributed by atoms with Crippen LogP contribution in [0.3, 0.4) is 0 Å². The minimum atomic E-state index is -0.104. The number of amides is 1. The summed E-state index contributed by atoms with van der Waals surface area (Å²) in [6, 6.07) is 7.96. The smallest absolute Gasteiger partial charge is 0.277 e. The van der Waals surface area contributed by atoms with Crippen molar-refractivity contribution < 1.29 is 9.21 Å². The van der Waals surface area contributed by atoms with E-state index >= 15 is 0 Å². The molecule has 3 rings (SSSR count). The van der Waals surface area contributed by atoms with E-state index in [9.17, 15) is 4.79 Å². The summed E-state index contributed by atoms with van der Waals surface area (Å²) in [5.41, 5.74) is 8.16. The summed E-state index contributed by atoms with van der Waals surface area (Å²) in [6.45, 7) is 4.25. The van der Waals surface area contributed by atoms with Crippen LogP contribution < -0.4 is 5.73 Å². The molecular weight excluding hydrogens is 298 g/mol. The van der Waals surface area contributed by atoms with E-state index in [1.165, 1.54) is 0 Å². The highest BCUT2D eigenvalue weighted by Gasteiger charge is 2.32. The maximum absolute atomic E-state index is 12.8. The van der Waals surface area contributed by atoms with Crippen LogP contribution in [0.15, 0.2) is 28.7 Å². The van der Waals surface area contributed by atoms with Gasteiger partial charge in [0.05, 0.1) is 11.9 Å². The lowest BCUT2D eigenvalue weighted by atomic mass is 10.1. The molecule has 1 aliphatic heterocycles. The van der Waals surface area contributed by atoms with Gasteiger partial charge in [-0.1, -0.05) is 29.8 Å². The minimum Gasteiger partial charge on any atom is -0.440 e. The molecule has 22 heavy (non-hydrogen) atoms. The Bertz CT molecular complexity index is 681. The van der Waals surface area contributed by atoms with Gasteiger partial charge in [0, 0.05) is 24.8 Å². The first-order chi connectivity index (χ1) is 10.6. The predicted octanol–water partition coefficient (Wildman–Crippen LogP) is 2.43. The second-order valence-electron chi connectivity index (χ2n) is 5.44. The lowest BCUT2D eigenvalue weighted by molar-refractivity contribution is 0.0747. The molecule has 1 aromatic heterocycles. The first-order valence-corrected chi connectivity index (χ1v) is 8.39. The second kappa shape index (κ2) is 6.14. The van der Waals surface area contributed by atoms with Gasteiger partial charge in [0.1, 0.15) is 0 Å². The number of carbonyl (C=O) groups is 1. The Labute approximate surface area is 133 Å². The molecule has 2 N–H and O–H groups in total. The summed E-state index contributed by atoms with van der Waals surface area (Å²) in [4.78, 5) is 18.9. The number of hydrogen-bond donors (Lipinski definition) is 1. The standard InChI is InChI=1S/C16H19N3O2S/c1-10-3-5-12(6-4-10)15-14(18-11(2)21-15)16(20)19-9-22-8-13(19)7-17/h3-6,13H,7-9,17H2,1-2H3/t13-/m1/s1. The van der Waals surface area contributed by atoms with Crippen LogP contribution in [0.5, 0.6) is 0 Å². The molecule has 2 heterocycles. The number of benzene rings is 1. The molecule has 1 aliphatic rings. The fourth-order valence-electron chi connectivity index (χ4n) is 2.51. The molecule has 1 atom stereocenters. The van der Waals surface area contributed by atoms with Gasteiger partial charge in [-0.3, -0.25) is 4.79 Å². The number of rotatable bonds is 3. The van der Waals surface area contributed by atoms with Gasteiger partial charge in [-0.05, 0) is 6.92 Å². The molecule has 0 aliphatic carbocycles. The fourth-order valence-corrected chi connectivity index (χ4v) is 3.73. The van der Waals surface area contributed by atoms with E-state index in [2.05, 4.69) is 4.98 Å². The van der Waals surface area contributed by atoms with Gasteiger partial charge in [-0.25, -0.2) is 4.98 Å². The van der Waals surface area contributed by atoms with Gasteiger partial charge >= 0.3 is 0 Å². The van der Waals surface area contributed by atoms with Crippen molar-refractivity contribution in [3.05, 3.63) is 41.4 Å². The zero-order valence-corrected chi connectivity index (χ0v) is 13.5. The molecule has 0 bridgehead atoms. The average molecular weight is 317 g/mol. The molecular formula is C16H19N3O2S. The van der Waals surface area contributed by atoms with Crippen LogP contribution in [0.1, 0.15) is 21.9 Å². The molecule has 0 unspecified atom stereocenters. The fraction of sp³-hybridized carbons (Fsp3) is 0.375. The molecule has 1 fully saturated rings. The van der Waals surface area contributed by atoms with Crippen LogP contribution in [0, 0.1) is 13.8 Å². The number of nitrogens with two attached hydrogens (primary N) is 1. The summed E-state index contributed by atoms with van der Waals surface area (Å²) in [5.74, 6) is 2.46. The number of aromatic nitrogens is 1.